The van der Waals surface area contributed by atoms with Crippen molar-refractivity contribution < 1.29 is 9.53 Å². The van der Waals surface area contributed by atoms with E-state index in [1.807, 2.05) is 0 Å². The number of hydrogen-bond acceptors (Lipinski definition) is 3. The van der Waals surface area contributed by atoms with Crippen LogP contribution in [-0.2, 0) is 9.53 Å². The van der Waals surface area contributed by atoms with Crippen LogP contribution < -0.4 is 0 Å². The Hall–Kier alpha value is -0.350. The molecular weight excluding hydrogens is 174 g/mol. The molecule has 0 aromatic heterocycles. The molecule has 1 fully saturated rings. The minimum atomic E-state index is -0.249. The number of carbonyl (C=O) groups excluding carboxylic acids is 1. The third-order valence-electron chi connectivity index (χ3n) is 2.60. The van der Waals surface area contributed by atoms with Gasteiger partial charge in [-0.25, -0.2) is 4.99 Å². The molecule has 0 aromatic carbocycles. The van der Waals surface area contributed by atoms with Crippen molar-refractivity contribution in [2.24, 2.45) is 4.99 Å². The van der Waals surface area contributed by atoms with Gasteiger partial charge in [-0.2, -0.15) is 0 Å². The van der Waals surface area contributed by atoms with Gasteiger partial charge >= 0.3 is 0 Å². The third-order valence-corrected chi connectivity index (χ3v) is 3.81. The predicted octanol–water partition coefficient (Wildman–Crippen LogP) is 1.23. The molecule has 3 nitrogen and oxygen atoms in total. The normalized spacial score (nSPS) is 40.1. The summed E-state index contributed by atoms with van der Waals surface area (Å²) in [4.78, 5) is 15.2. The van der Waals surface area contributed by atoms with Crippen LogP contribution in [0.2, 0.25) is 0 Å². The molecule has 66 valence electrons. The van der Waals surface area contributed by atoms with E-state index < -0.39 is 0 Å². The highest BCUT2D eigenvalue weighted by molar-refractivity contribution is 8.14. The van der Waals surface area contributed by atoms with E-state index in [4.69, 9.17) is 4.74 Å². The quantitative estimate of drug-likeness (QED) is 0.616. The highest BCUT2D eigenvalue weighted by atomic mass is 32.2. The summed E-state index contributed by atoms with van der Waals surface area (Å²) in [6.45, 7) is 0. The van der Waals surface area contributed by atoms with Crippen LogP contribution in [0, 0.1) is 0 Å². The smallest absolute Gasteiger partial charge is 0.262 e. The van der Waals surface area contributed by atoms with Gasteiger partial charge in [-0.05, 0) is 19.3 Å². The lowest BCUT2D eigenvalue weighted by atomic mass is 10.1. The third kappa shape index (κ3) is 1.10. The number of nitrogens with zero attached hydrogens (tertiary/aromatic N) is 1. The van der Waals surface area contributed by atoms with Gasteiger partial charge in [-0.3, -0.25) is 4.79 Å². The van der Waals surface area contributed by atoms with Gasteiger partial charge in [0, 0.05) is 7.11 Å². The zero-order valence-corrected chi connectivity index (χ0v) is 7.76. The molecule has 4 heteroatoms. The summed E-state index contributed by atoms with van der Waals surface area (Å²) >= 11 is 1.56. The fourth-order valence-electron chi connectivity index (χ4n) is 1.81. The minimum Gasteiger partial charge on any atom is -0.381 e. The van der Waals surface area contributed by atoms with Gasteiger partial charge in [0.15, 0.2) is 0 Å². The molecule has 2 atom stereocenters. The van der Waals surface area contributed by atoms with Crippen molar-refractivity contribution in [2.45, 2.75) is 30.1 Å². The molecule has 2 aliphatic rings. The first-order valence-electron chi connectivity index (χ1n) is 4.04. The van der Waals surface area contributed by atoms with Crippen LogP contribution in [-0.4, -0.2) is 29.4 Å². The number of hydrogen-bond donors (Lipinski definition) is 0. The molecule has 2 unspecified atom stereocenters. The van der Waals surface area contributed by atoms with Gasteiger partial charge in [0.05, 0.1) is 11.7 Å². The summed E-state index contributed by atoms with van der Waals surface area (Å²) < 4.78 is 4.98. The molecule has 1 aliphatic heterocycles. The van der Waals surface area contributed by atoms with E-state index in [-0.39, 0.29) is 16.8 Å². The Morgan fingerprint density at radius 3 is 3.17 bits per heavy atom. The van der Waals surface area contributed by atoms with E-state index in [0.717, 1.165) is 19.3 Å². The summed E-state index contributed by atoms with van der Waals surface area (Å²) in [6, 6.07) is 0. The SMILES string of the molecule is COC1CCC2(C1)SC=NC2=O. The van der Waals surface area contributed by atoms with Gasteiger partial charge in [0.25, 0.3) is 5.91 Å². The molecule has 1 amide bonds. The van der Waals surface area contributed by atoms with E-state index in [1.165, 1.54) is 0 Å². The molecule has 0 saturated heterocycles. The van der Waals surface area contributed by atoms with E-state index in [9.17, 15) is 4.79 Å². The summed E-state index contributed by atoms with van der Waals surface area (Å²) in [6.07, 6.45) is 2.98. The average Bonchev–Trinajstić information content (AvgIpc) is 2.63. The minimum absolute atomic E-state index is 0.0343. The van der Waals surface area contributed by atoms with Crippen LogP contribution in [0.1, 0.15) is 19.3 Å². The first-order chi connectivity index (χ1) is 5.77. The molecule has 1 saturated carbocycles. The van der Waals surface area contributed by atoms with Crippen molar-refractivity contribution in [3.63, 3.8) is 0 Å². The van der Waals surface area contributed by atoms with E-state index >= 15 is 0 Å². The fourth-order valence-corrected chi connectivity index (χ4v) is 2.83. The summed E-state index contributed by atoms with van der Waals surface area (Å²) in [5.74, 6) is 0.0343. The Morgan fingerprint density at radius 1 is 1.83 bits per heavy atom. The lowest BCUT2D eigenvalue weighted by Crippen LogP contribution is -2.28. The molecular formula is C8H11NO2S. The van der Waals surface area contributed by atoms with Gasteiger partial charge in [0.2, 0.25) is 0 Å². The van der Waals surface area contributed by atoms with Crippen LogP contribution >= 0.6 is 11.8 Å². The zero-order chi connectivity index (χ0) is 8.60. The molecule has 0 bridgehead atoms. The summed E-state index contributed by atoms with van der Waals surface area (Å²) in [7, 11) is 1.70. The Morgan fingerprint density at radius 2 is 2.67 bits per heavy atom. The summed E-state index contributed by atoms with van der Waals surface area (Å²) in [5.41, 5.74) is 1.67. The highest BCUT2D eigenvalue weighted by Crippen LogP contribution is 2.45. The van der Waals surface area contributed by atoms with E-state index in [2.05, 4.69) is 4.99 Å². The second-order valence-electron chi connectivity index (χ2n) is 3.25. The van der Waals surface area contributed by atoms with E-state index in [0.29, 0.717) is 0 Å². The number of ether oxygens (including phenoxy) is 1. The molecule has 1 aliphatic carbocycles. The Labute approximate surface area is 75.6 Å². The lowest BCUT2D eigenvalue weighted by molar-refractivity contribution is -0.119. The zero-order valence-electron chi connectivity index (χ0n) is 6.95. The van der Waals surface area contributed by atoms with Gasteiger partial charge in [-0.15, -0.1) is 0 Å². The van der Waals surface area contributed by atoms with E-state index in [1.54, 1.807) is 24.4 Å². The molecule has 0 radical (unpaired) electrons. The molecule has 0 N–H and O–H groups in total. The summed E-state index contributed by atoms with van der Waals surface area (Å²) in [5, 5.41) is 0. The van der Waals surface area contributed by atoms with Crippen LogP contribution in [0.3, 0.4) is 0 Å². The molecule has 0 aromatic rings. The predicted molar refractivity (Wildman–Crippen MR) is 48.5 cm³/mol. The van der Waals surface area contributed by atoms with Crippen molar-refractivity contribution in [3.05, 3.63) is 0 Å². The molecule has 2 rings (SSSR count). The maximum Gasteiger partial charge on any atom is 0.262 e. The van der Waals surface area contributed by atoms with Crippen molar-refractivity contribution in [3.8, 4) is 0 Å². The van der Waals surface area contributed by atoms with Crippen molar-refractivity contribution in [1.29, 1.82) is 0 Å². The second-order valence-corrected chi connectivity index (χ2v) is 4.48. The first-order valence-corrected chi connectivity index (χ1v) is 4.92. The maximum atomic E-state index is 11.4. The number of methoxy groups -OCH3 is 1. The monoisotopic (exact) mass is 185 g/mol. The Balaban J connectivity index is 2.11. The number of amides is 1. The van der Waals surface area contributed by atoms with Crippen LogP contribution in [0.15, 0.2) is 4.99 Å². The highest BCUT2D eigenvalue weighted by Gasteiger charge is 2.47. The number of aliphatic imine (C=N–C) groups is 1. The number of thioether (sulfide) groups is 1. The fraction of sp³-hybridized carbons (Fsp3) is 0.750. The van der Waals surface area contributed by atoms with Gasteiger partial charge < -0.3 is 4.74 Å². The average molecular weight is 185 g/mol. The largest absolute Gasteiger partial charge is 0.381 e. The Kier molecular flexibility index (Phi) is 1.96. The standard InChI is InChI=1S/C8H11NO2S/c1-11-6-2-3-8(4-6)7(10)9-5-12-8/h5-6H,2-4H2,1H3. The Bertz CT molecular complexity index is 241. The van der Waals surface area contributed by atoms with Crippen LogP contribution in [0.25, 0.3) is 0 Å². The maximum absolute atomic E-state index is 11.4. The van der Waals surface area contributed by atoms with Gasteiger partial charge in [-0.1, -0.05) is 11.8 Å². The van der Waals surface area contributed by atoms with Crippen molar-refractivity contribution in [1.82, 2.24) is 0 Å². The number of rotatable bonds is 1. The number of carbonyl (C=O) groups is 1. The van der Waals surface area contributed by atoms with Crippen LogP contribution in [0.4, 0.5) is 0 Å². The second kappa shape index (κ2) is 2.85. The van der Waals surface area contributed by atoms with Crippen LogP contribution in [0.5, 0.6) is 0 Å². The topological polar surface area (TPSA) is 38.7 Å². The first kappa shape index (κ1) is 8.26. The van der Waals surface area contributed by atoms with Crippen molar-refractivity contribution >= 4 is 23.2 Å². The molecule has 1 spiro atoms. The van der Waals surface area contributed by atoms with Gasteiger partial charge in [0.1, 0.15) is 4.75 Å². The molecule has 12 heavy (non-hydrogen) atoms. The molecule has 1 heterocycles. The van der Waals surface area contributed by atoms with Crippen molar-refractivity contribution in [2.75, 3.05) is 7.11 Å². The lowest BCUT2D eigenvalue weighted by Gasteiger charge is -2.17.